The first-order valence-electron chi connectivity index (χ1n) is 8.58. The van der Waals surface area contributed by atoms with Crippen LogP contribution in [0.2, 0.25) is 0 Å². The topological polar surface area (TPSA) is 66.0 Å². The van der Waals surface area contributed by atoms with Gasteiger partial charge in [0.2, 0.25) is 5.91 Å². The maximum Gasteiger partial charge on any atom is 0.243 e. The Labute approximate surface area is 155 Å². The van der Waals surface area contributed by atoms with Gasteiger partial charge in [0.05, 0.1) is 0 Å². The molecule has 25 heavy (non-hydrogen) atoms. The Balaban J connectivity index is 2.56. The van der Waals surface area contributed by atoms with E-state index in [4.69, 9.17) is 4.74 Å². The van der Waals surface area contributed by atoms with Gasteiger partial charge in [-0.05, 0) is 29.7 Å². The van der Waals surface area contributed by atoms with Crippen LogP contribution in [-0.4, -0.2) is 64.2 Å². The van der Waals surface area contributed by atoms with Crippen LogP contribution in [0, 0.1) is 5.41 Å². The number of nitrogens with one attached hydrogen (secondary N) is 2. The summed E-state index contributed by atoms with van der Waals surface area (Å²) in [7, 11) is 5.20. The van der Waals surface area contributed by atoms with Crippen molar-refractivity contribution in [1.29, 1.82) is 0 Å². The zero-order chi connectivity index (χ0) is 18.7. The maximum absolute atomic E-state index is 11.8. The van der Waals surface area contributed by atoms with Crippen LogP contribution in [0.15, 0.2) is 22.5 Å². The van der Waals surface area contributed by atoms with Gasteiger partial charge < -0.3 is 20.3 Å². The second kappa shape index (κ2) is 11.1. The van der Waals surface area contributed by atoms with Gasteiger partial charge in [0.15, 0.2) is 5.96 Å². The SMILES string of the molecule is COCCC(C)(C)CNC(=NCC(=O)N(C)C)NCCc1cccs1. The van der Waals surface area contributed by atoms with Crippen LogP contribution in [-0.2, 0) is 16.0 Å². The summed E-state index contributed by atoms with van der Waals surface area (Å²) in [6.45, 7) is 6.78. The lowest BCUT2D eigenvalue weighted by atomic mass is 9.90. The van der Waals surface area contributed by atoms with E-state index in [1.807, 2.05) is 0 Å². The molecule has 0 aliphatic heterocycles. The lowest BCUT2D eigenvalue weighted by Crippen LogP contribution is -2.43. The van der Waals surface area contributed by atoms with Gasteiger partial charge in [-0.3, -0.25) is 4.79 Å². The molecule has 0 radical (unpaired) electrons. The summed E-state index contributed by atoms with van der Waals surface area (Å²) in [6, 6.07) is 4.18. The lowest BCUT2D eigenvalue weighted by Gasteiger charge is -2.26. The van der Waals surface area contributed by atoms with E-state index in [9.17, 15) is 4.79 Å². The number of likely N-dealkylation sites (N-methyl/N-ethyl adjacent to an activating group) is 1. The molecule has 0 saturated heterocycles. The second-order valence-electron chi connectivity index (χ2n) is 6.97. The van der Waals surface area contributed by atoms with Crippen LogP contribution in [0.1, 0.15) is 25.1 Å². The molecule has 142 valence electrons. The quantitative estimate of drug-likeness (QED) is 0.490. The van der Waals surface area contributed by atoms with Gasteiger partial charge in [-0.1, -0.05) is 19.9 Å². The summed E-state index contributed by atoms with van der Waals surface area (Å²) in [5.74, 6) is 0.662. The summed E-state index contributed by atoms with van der Waals surface area (Å²) in [5, 5.41) is 8.76. The zero-order valence-corrected chi connectivity index (χ0v) is 16.9. The highest BCUT2D eigenvalue weighted by atomic mass is 32.1. The number of methoxy groups -OCH3 is 1. The van der Waals surface area contributed by atoms with Crippen LogP contribution < -0.4 is 10.6 Å². The van der Waals surface area contributed by atoms with Gasteiger partial charge in [0.25, 0.3) is 0 Å². The number of ether oxygens (including phenoxy) is 1. The van der Waals surface area contributed by atoms with Crippen molar-refractivity contribution in [2.45, 2.75) is 26.7 Å². The van der Waals surface area contributed by atoms with Crippen LogP contribution in [0.5, 0.6) is 0 Å². The van der Waals surface area contributed by atoms with Crippen molar-refractivity contribution in [3.05, 3.63) is 22.4 Å². The largest absolute Gasteiger partial charge is 0.385 e. The lowest BCUT2D eigenvalue weighted by molar-refractivity contribution is -0.127. The molecule has 0 aromatic carbocycles. The van der Waals surface area contributed by atoms with Crippen LogP contribution in [0.3, 0.4) is 0 Å². The standard InChI is InChI=1S/C18H32N4O2S/c1-18(2,9-11-24-5)14-21-17(20-13-16(23)22(3)4)19-10-8-15-7-6-12-25-15/h6-7,12H,8-11,13-14H2,1-5H3,(H2,19,20,21). The summed E-state index contributed by atoms with van der Waals surface area (Å²) < 4.78 is 5.17. The van der Waals surface area contributed by atoms with E-state index >= 15 is 0 Å². The van der Waals surface area contributed by atoms with Gasteiger partial charge in [0, 0.05) is 45.8 Å². The molecule has 1 aromatic heterocycles. The highest BCUT2D eigenvalue weighted by molar-refractivity contribution is 7.09. The number of amides is 1. The van der Waals surface area contributed by atoms with Crippen molar-refractivity contribution in [3.63, 3.8) is 0 Å². The molecule has 0 aliphatic rings. The average Bonchev–Trinajstić information content (AvgIpc) is 3.08. The molecule has 1 amide bonds. The van der Waals surface area contributed by atoms with E-state index in [1.54, 1.807) is 37.4 Å². The third-order valence-corrected chi connectivity index (χ3v) is 4.77. The molecule has 0 bridgehead atoms. The first kappa shape index (κ1) is 21.4. The third kappa shape index (κ3) is 9.45. The molecule has 1 aromatic rings. The number of hydrogen-bond donors (Lipinski definition) is 2. The predicted molar refractivity (Wildman–Crippen MR) is 105 cm³/mol. The molecular weight excluding hydrogens is 336 g/mol. The first-order valence-corrected chi connectivity index (χ1v) is 9.46. The number of guanidine groups is 1. The van der Waals surface area contributed by atoms with E-state index in [0.717, 1.165) is 32.5 Å². The molecule has 0 saturated carbocycles. The van der Waals surface area contributed by atoms with Crippen LogP contribution in [0.4, 0.5) is 0 Å². The van der Waals surface area contributed by atoms with Crippen molar-refractivity contribution in [2.24, 2.45) is 10.4 Å². The van der Waals surface area contributed by atoms with E-state index < -0.39 is 0 Å². The fourth-order valence-corrected chi connectivity index (χ4v) is 2.72. The summed E-state index contributed by atoms with van der Waals surface area (Å²) in [4.78, 5) is 19.1. The molecule has 0 aliphatic carbocycles. The van der Waals surface area contributed by atoms with Crippen molar-refractivity contribution in [1.82, 2.24) is 15.5 Å². The minimum atomic E-state index is -0.0157. The molecule has 0 spiro atoms. The Morgan fingerprint density at radius 3 is 2.72 bits per heavy atom. The minimum absolute atomic E-state index is 0.0157. The van der Waals surface area contributed by atoms with E-state index in [2.05, 4.69) is 47.0 Å². The number of carbonyl (C=O) groups excluding carboxylic acids is 1. The molecule has 0 unspecified atom stereocenters. The van der Waals surface area contributed by atoms with Gasteiger partial charge >= 0.3 is 0 Å². The first-order chi connectivity index (χ1) is 11.8. The number of rotatable bonds is 10. The van der Waals surface area contributed by atoms with Gasteiger partial charge in [-0.25, -0.2) is 4.99 Å². The van der Waals surface area contributed by atoms with Crippen molar-refractivity contribution in [3.8, 4) is 0 Å². The highest BCUT2D eigenvalue weighted by Crippen LogP contribution is 2.18. The summed E-state index contributed by atoms with van der Waals surface area (Å²) >= 11 is 1.75. The third-order valence-electron chi connectivity index (χ3n) is 3.83. The fourth-order valence-electron chi connectivity index (χ4n) is 2.01. The van der Waals surface area contributed by atoms with Gasteiger partial charge in [0.1, 0.15) is 6.54 Å². The van der Waals surface area contributed by atoms with Gasteiger partial charge in [-0.15, -0.1) is 11.3 Å². The maximum atomic E-state index is 11.8. The average molecular weight is 369 g/mol. The normalized spacial score (nSPS) is 12.1. The van der Waals surface area contributed by atoms with Crippen molar-refractivity contribution in [2.75, 3.05) is 47.4 Å². The number of hydrogen-bond acceptors (Lipinski definition) is 4. The highest BCUT2D eigenvalue weighted by Gasteiger charge is 2.18. The monoisotopic (exact) mass is 368 g/mol. The zero-order valence-electron chi connectivity index (χ0n) is 16.1. The summed E-state index contributed by atoms with van der Waals surface area (Å²) in [5.41, 5.74) is 0.0811. The Morgan fingerprint density at radius 2 is 2.12 bits per heavy atom. The molecule has 7 heteroatoms. The molecule has 0 atom stereocenters. The Kier molecular flexibility index (Phi) is 9.52. The molecule has 0 fully saturated rings. The Morgan fingerprint density at radius 1 is 1.36 bits per heavy atom. The number of carbonyl (C=O) groups is 1. The van der Waals surface area contributed by atoms with E-state index in [-0.39, 0.29) is 17.9 Å². The molecule has 1 rings (SSSR count). The Bertz CT molecular complexity index is 527. The second-order valence-corrected chi connectivity index (χ2v) is 8.00. The number of thiophene rings is 1. The Hall–Kier alpha value is -1.60. The smallest absolute Gasteiger partial charge is 0.243 e. The van der Waals surface area contributed by atoms with Crippen molar-refractivity contribution >= 4 is 23.2 Å². The molecule has 6 nitrogen and oxygen atoms in total. The number of aliphatic imine (C=N–C) groups is 1. The minimum Gasteiger partial charge on any atom is -0.385 e. The fraction of sp³-hybridized carbons (Fsp3) is 0.667. The van der Waals surface area contributed by atoms with Gasteiger partial charge in [-0.2, -0.15) is 0 Å². The summed E-state index contributed by atoms with van der Waals surface area (Å²) in [6.07, 6.45) is 1.89. The predicted octanol–water partition coefficient (Wildman–Crippen LogP) is 1.98. The molecule has 2 N–H and O–H groups in total. The van der Waals surface area contributed by atoms with E-state index in [1.165, 1.54) is 4.88 Å². The van der Waals surface area contributed by atoms with Crippen LogP contribution >= 0.6 is 11.3 Å². The molecular formula is C18H32N4O2S. The molecule has 1 heterocycles. The number of nitrogens with zero attached hydrogens (tertiary/aromatic N) is 2. The van der Waals surface area contributed by atoms with E-state index in [0.29, 0.717) is 5.96 Å². The van der Waals surface area contributed by atoms with Crippen molar-refractivity contribution < 1.29 is 9.53 Å². The van der Waals surface area contributed by atoms with Crippen LogP contribution in [0.25, 0.3) is 0 Å².